The second kappa shape index (κ2) is 7.42. The van der Waals surface area contributed by atoms with Crippen molar-refractivity contribution in [3.05, 3.63) is 35.9 Å². The number of rotatable bonds is 7. The van der Waals surface area contributed by atoms with Gasteiger partial charge < -0.3 is 10.4 Å². The molecule has 0 radical (unpaired) electrons. The van der Waals surface area contributed by atoms with Crippen molar-refractivity contribution in [2.75, 3.05) is 6.61 Å². The van der Waals surface area contributed by atoms with E-state index in [0.29, 0.717) is 6.04 Å². The summed E-state index contributed by atoms with van der Waals surface area (Å²) in [6.07, 6.45) is 3.22. The van der Waals surface area contributed by atoms with Crippen LogP contribution < -0.4 is 5.32 Å². The van der Waals surface area contributed by atoms with Crippen molar-refractivity contribution >= 4 is 0 Å². The maximum Gasteiger partial charge on any atom is 0.0584 e. The van der Waals surface area contributed by atoms with Crippen LogP contribution in [0.2, 0.25) is 0 Å². The minimum Gasteiger partial charge on any atom is -0.395 e. The summed E-state index contributed by atoms with van der Waals surface area (Å²) >= 11 is 0. The fraction of sp³-hybridized carbons (Fsp3) is 0.571. The lowest BCUT2D eigenvalue weighted by Crippen LogP contribution is -2.35. The van der Waals surface area contributed by atoms with Gasteiger partial charge >= 0.3 is 0 Å². The third kappa shape index (κ3) is 3.95. The second-order valence-electron chi connectivity index (χ2n) is 4.21. The van der Waals surface area contributed by atoms with Gasteiger partial charge in [-0.1, -0.05) is 50.6 Å². The average Bonchev–Trinajstić information content (AvgIpc) is 2.35. The molecule has 2 heteroatoms. The normalized spacial score (nSPS) is 14.7. The van der Waals surface area contributed by atoms with Crippen molar-refractivity contribution < 1.29 is 5.11 Å². The molecule has 0 aromatic heterocycles. The van der Waals surface area contributed by atoms with E-state index in [1.54, 1.807) is 0 Å². The van der Waals surface area contributed by atoms with E-state index in [-0.39, 0.29) is 12.6 Å². The van der Waals surface area contributed by atoms with Gasteiger partial charge in [-0.05, 0) is 18.4 Å². The minimum absolute atomic E-state index is 0.205. The number of hydrogen-bond donors (Lipinski definition) is 2. The zero-order valence-corrected chi connectivity index (χ0v) is 10.3. The molecule has 2 atom stereocenters. The molecule has 1 aromatic rings. The molecule has 90 valence electrons. The molecule has 0 aliphatic carbocycles. The predicted octanol–water partition coefficient (Wildman–Crippen LogP) is 2.89. The largest absolute Gasteiger partial charge is 0.395 e. The van der Waals surface area contributed by atoms with Gasteiger partial charge in [-0.25, -0.2) is 0 Å². The van der Waals surface area contributed by atoms with E-state index in [0.717, 1.165) is 19.3 Å². The smallest absolute Gasteiger partial charge is 0.0584 e. The van der Waals surface area contributed by atoms with Crippen LogP contribution in [0, 0.1) is 0 Å². The molecule has 0 spiro atoms. The lowest BCUT2D eigenvalue weighted by molar-refractivity contribution is 0.225. The van der Waals surface area contributed by atoms with Crippen LogP contribution in [-0.4, -0.2) is 17.8 Å². The van der Waals surface area contributed by atoms with Crippen molar-refractivity contribution in [1.82, 2.24) is 5.32 Å². The Morgan fingerprint density at radius 2 is 1.88 bits per heavy atom. The Kier molecular flexibility index (Phi) is 6.12. The van der Waals surface area contributed by atoms with Crippen LogP contribution in [0.25, 0.3) is 0 Å². The SMILES string of the molecule is CCCC(N[C@H](CC)CO)c1ccccc1. The van der Waals surface area contributed by atoms with E-state index in [4.69, 9.17) is 0 Å². The molecular formula is C14H23NO. The van der Waals surface area contributed by atoms with Gasteiger partial charge in [-0.3, -0.25) is 0 Å². The quantitative estimate of drug-likeness (QED) is 0.742. The molecule has 0 saturated carbocycles. The third-order valence-electron chi connectivity index (χ3n) is 2.93. The number of aliphatic hydroxyl groups excluding tert-OH is 1. The Bertz CT molecular complexity index is 269. The molecule has 0 heterocycles. The van der Waals surface area contributed by atoms with Crippen molar-refractivity contribution in [2.45, 2.75) is 45.2 Å². The van der Waals surface area contributed by atoms with Crippen LogP contribution in [0.15, 0.2) is 30.3 Å². The maximum atomic E-state index is 9.23. The molecule has 0 aliphatic heterocycles. The van der Waals surface area contributed by atoms with Gasteiger partial charge in [0.25, 0.3) is 0 Å². The number of benzene rings is 1. The van der Waals surface area contributed by atoms with E-state index >= 15 is 0 Å². The number of nitrogens with one attached hydrogen (secondary N) is 1. The van der Waals surface area contributed by atoms with Crippen LogP contribution in [0.3, 0.4) is 0 Å². The Balaban J connectivity index is 2.67. The van der Waals surface area contributed by atoms with Crippen molar-refractivity contribution in [3.8, 4) is 0 Å². The maximum absolute atomic E-state index is 9.23. The van der Waals surface area contributed by atoms with Crippen LogP contribution >= 0.6 is 0 Å². The molecule has 0 saturated heterocycles. The summed E-state index contributed by atoms with van der Waals surface area (Å²) in [6.45, 7) is 4.50. The van der Waals surface area contributed by atoms with E-state index < -0.39 is 0 Å². The van der Waals surface area contributed by atoms with Crippen molar-refractivity contribution in [3.63, 3.8) is 0 Å². The molecule has 0 fully saturated rings. The molecule has 0 aliphatic rings. The Labute approximate surface area is 98.7 Å². The molecule has 16 heavy (non-hydrogen) atoms. The molecule has 0 amide bonds. The molecular weight excluding hydrogens is 198 g/mol. The molecule has 1 unspecified atom stereocenters. The summed E-state index contributed by atoms with van der Waals surface area (Å²) in [5.41, 5.74) is 1.32. The summed E-state index contributed by atoms with van der Waals surface area (Å²) < 4.78 is 0. The fourth-order valence-electron chi connectivity index (χ4n) is 1.90. The highest BCUT2D eigenvalue weighted by molar-refractivity contribution is 5.18. The van der Waals surface area contributed by atoms with Crippen molar-refractivity contribution in [2.24, 2.45) is 0 Å². The zero-order chi connectivity index (χ0) is 11.8. The monoisotopic (exact) mass is 221 g/mol. The number of hydrogen-bond acceptors (Lipinski definition) is 2. The van der Waals surface area contributed by atoms with E-state index in [1.165, 1.54) is 5.56 Å². The summed E-state index contributed by atoms with van der Waals surface area (Å²) in [5.74, 6) is 0. The second-order valence-corrected chi connectivity index (χ2v) is 4.21. The summed E-state index contributed by atoms with van der Waals surface area (Å²) in [4.78, 5) is 0. The molecule has 2 nitrogen and oxygen atoms in total. The molecule has 0 bridgehead atoms. The summed E-state index contributed by atoms with van der Waals surface area (Å²) in [7, 11) is 0. The van der Waals surface area contributed by atoms with Gasteiger partial charge in [0, 0.05) is 12.1 Å². The summed E-state index contributed by atoms with van der Waals surface area (Å²) in [5, 5.41) is 12.7. The first-order chi connectivity index (χ1) is 7.81. The van der Waals surface area contributed by atoms with Gasteiger partial charge in [0.05, 0.1) is 6.61 Å². The standard InChI is InChI=1S/C14H23NO/c1-3-8-14(15-13(4-2)11-16)12-9-6-5-7-10-12/h5-7,9-10,13-16H,3-4,8,11H2,1-2H3/t13-,14?/m1/s1. The fourth-order valence-corrected chi connectivity index (χ4v) is 1.90. The lowest BCUT2D eigenvalue weighted by atomic mass is 10.0. The van der Waals surface area contributed by atoms with E-state index in [1.807, 2.05) is 6.07 Å². The van der Waals surface area contributed by atoms with Crippen LogP contribution in [0.1, 0.15) is 44.7 Å². The Hall–Kier alpha value is -0.860. The van der Waals surface area contributed by atoms with Crippen LogP contribution in [-0.2, 0) is 0 Å². The van der Waals surface area contributed by atoms with Crippen LogP contribution in [0.5, 0.6) is 0 Å². The highest BCUT2D eigenvalue weighted by atomic mass is 16.3. The van der Waals surface area contributed by atoms with E-state index in [2.05, 4.69) is 43.4 Å². The molecule has 2 N–H and O–H groups in total. The van der Waals surface area contributed by atoms with Gasteiger partial charge in [0.1, 0.15) is 0 Å². The van der Waals surface area contributed by atoms with Gasteiger partial charge in [0.2, 0.25) is 0 Å². The van der Waals surface area contributed by atoms with Crippen molar-refractivity contribution in [1.29, 1.82) is 0 Å². The Morgan fingerprint density at radius 3 is 2.38 bits per heavy atom. The topological polar surface area (TPSA) is 32.3 Å². The highest BCUT2D eigenvalue weighted by Crippen LogP contribution is 2.19. The first-order valence-corrected chi connectivity index (χ1v) is 6.23. The van der Waals surface area contributed by atoms with E-state index in [9.17, 15) is 5.11 Å². The third-order valence-corrected chi connectivity index (χ3v) is 2.93. The van der Waals surface area contributed by atoms with Gasteiger partial charge in [-0.2, -0.15) is 0 Å². The zero-order valence-electron chi connectivity index (χ0n) is 10.3. The minimum atomic E-state index is 0.205. The predicted molar refractivity (Wildman–Crippen MR) is 68.4 cm³/mol. The number of aliphatic hydroxyl groups is 1. The van der Waals surface area contributed by atoms with Crippen LogP contribution in [0.4, 0.5) is 0 Å². The lowest BCUT2D eigenvalue weighted by Gasteiger charge is -2.24. The van der Waals surface area contributed by atoms with Gasteiger partial charge in [-0.15, -0.1) is 0 Å². The first-order valence-electron chi connectivity index (χ1n) is 6.23. The summed E-state index contributed by atoms with van der Waals surface area (Å²) in [6, 6.07) is 11.0. The Morgan fingerprint density at radius 1 is 1.19 bits per heavy atom. The average molecular weight is 221 g/mol. The molecule has 1 rings (SSSR count). The first kappa shape index (κ1) is 13.2. The van der Waals surface area contributed by atoms with Gasteiger partial charge in [0.15, 0.2) is 0 Å². The molecule has 1 aromatic carbocycles. The highest BCUT2D eigenvalue weighted by Gasteiger charge is 2.14.